The lowest BCUT2D eigenvalue weighted by molar-refractivity contribution is -0.116. The van der Waals surface area contributed by atoms with E-state index in [2.05, 4.69) is 0 Å². The fraction of sp³-hybridized carbons (Fsp3) is 0.500. The van der Waals surface area contributed by atoms with E-state index < -0.39 is 12.5 Å². The van der Waals surface area contributed by atoms with Crippen molar-refractivity contribution in [2.75, 3.05) is 6.67 Å². The second kappa shape index (κ2) is 2.82. The van der Waals surface area contributed by atoms with E-state index in [-0.39, 0.29) is 0 Å². The molecule has 0 amide bonds. The Morgan fingerprint density at radius 3 is 2.50 bits per heavy atom. The molecule has 0 atom stereocenters. The zero-order chi connectivity index (χ0) is 4.99. The van der Waals surface area contributed by atoms with E-state index >= 15 is 0 Å². The van der Waals surface area contributed by atoms with Crippen LogP contribution < -0.4 is 0 Å². The standard InChI is InChI=1S/C4H6FO/c1-2-4(6)3-5/h2H,3H2,1H3. The Hall–Kier alpha value is -0.400. The normalized spacial score (nSPS) is 8.33. The molecule has 35 valence electrons. The van der Waals surface area contributed by atoms with Gasteiger partial charge >= 0.3 is 0 Å². The van der Waals surface area contributed by atoms with Gasteiger partial charge in [0.1, 0.15) is 6.67 Å². The second-order valence-corrected chi connectivity index (χ2v) is 0.889. The van der Waals surface area contributed by atoms with Crippen molar-refractivity contribution in [3.8, 4) is 0 Å². The van der Waals surface area contributed by atoms with Crippen molar-refractivity contribution in [1.82, 2.24) is 0 Å². The van der Waals surface area contributed by atoms with Crippen molar-refractivity contribution in [1.29, 1.82) is 0 Å². The van der Waals surface area contributed by atoms with Crippen LogP contribution in [0.1, 0.15) is 6.92 Å². The first kappa shape index (κ1) is 5.60. The highest BCUT2D eigenvalue weighted by Gasteiger charge is 1.90. The molecule has 0 aromatic rings. The van der Waals surface area contributed by atoms with Crippen LogP contribution in [-0.2, 0) is 4.79 Å². The maximum atomic E-state index is 11.0. The highest BCUT2D eigenvalue weighted by molar-refractivity contribution is 5.87. The summed E-state index contributed by atoms with van der Waals surface area (Å²) in [6.45, 7) is 0.651. The molecule has 0 aromatic heterocycles. The van der Waals surface area contributed by atoms with Crippen LogP contribution in [0, 0.1) is 6.42 Å². The third-order valence-corrected chi connectivity index (χ3v) is 0.454. The minimum absolute atomic E-state index is 0.449. The lowest BCUT2D eigenvalue weighted by Crippen LogP contribution is -1.95. The average molecular weight is 89.1 g/mol. The molecule has 1 nitrogen and oxygen atoms in total. The van der Waals surface area contributed by atoms with Gasteiger partial charge in [-0.15, -0.1) is 0 Å². The number of Topliss-reactive ketones (excluding diaryl/α,β-unsaturated/α-hetero) is 1. The summed E-state index contributed by atoms with van der Waals surface area (Å²) in [6, 6.07) is 0. The summed E-state index contributed by atoms with van der Waals surface area (Å²) in [5, 5.41) is 0. The van der Waals surface area contributed by atoms with E-state index in [4.69, 9.17) is 0 Å². The fourth-order valence-electron chi connectivity index (χ4n) is 0.0772. The Bertz CT molecular complexity index is 45.5. The molecule has 0 N–H and O–H groups in total. The highest BCUT2D eigenvalue weighted by atomic mass is 19.1. The van der Waals surface area contributed by atoms with E-state index in [1.807, 2.05) is 0 Å². The van der Waals surface area contributed by atoms with Gasteiger partial charge in [-0.3, -0.25) is 4.79 Å². The third-order valence-electron chi connectivity index (χ3n) is 0.454. The van der Waals surface area contributed by atoms with Crippen LogP contribution in [0.4, 0.5) is 4.39 Å². The first-order valence-electron chi connectivity index (χ1n) is 1.69. The molecule has 0 unspecified atom stereocenters. The predicted octanol–water partition coefficient (Wildman–Crippen LogP) is 0.749. The molecule has 0 heterocycles. The number of carbonyl (C=O) groups is 1. The van der Waals surface area contributed by atoms with Gasteiger partial charge in [-0.2, -0.15) is 0 Å². The monoisotopic (exact) mass is 89.0 g/mol. The van der Waals surface area contributed by atoms with Gasteiger partial charge in [-0.05, 0) is 0 Å². The number of hydrogen-bond acceptors (Lipinski definition) is 1. The minimum atomic E-state index is -0.865. The number of ketones is 1. The Morgan fingerprint density at radius 1 is 2.00 bits per heavy atom. The summed E-state index contributed by atoms with van der Waals surface area (Å²) in [6.07, 6.45) is 1.21. The van der Waals surface area contributed by atoms with E-state index in [1.54, 1.807) is 0 Å². The lowest BCUT2D eigenvalue weighted by atomic mass is 10.3. The first-order chi connectivity index (χ1) is 2.81. The van der Waals surface area contributed by atoms with E-state index in [0.29, 0.717) is 0 Å². The van der Waals surface area contributed by atoms with Crippen molar-refractivity contribution < 1.29 is 9.18 Å². The summed E-state index contributed by atoms with van der Waals surface area (Å²) < 4.78 is 11.0. The summed E-state index contributed by atoms with van der Waals surface area (Å²) in [5.41, 5.74) is 0. The van der Waals surface area contributed by atoms with Crippen molar-refractivity contribution in [3.63, 3.8) is 0 Å². The zero-order valence-corrected chi connectivity index (χ0v) is 3.57. The van der Waals surface area contributed by atoms with E-state index in [9.17, 15) is 9.18 Å². The van der Waals surface area contributed by atoms with Gasteiger partial charge in [-0.25, -0.2) is 4.39 Å². The van der Waals surface area contributed by atoms with Crippen LogP contribution in [0.15, 0.2) is 0 Å². The number of hydrogen-bond donors (Lipinski definition) is 0. The second-order valence-electron chi connectivity index (χ2n) is 0.889. The van der Waals surface area contributed by atoms with Crippen LogP contribution in [0.2, 0.25) is 0 Å². The third kappa shape index (κ3) is 1.88. The molecule has 0 aromatic carbocycles. The molecule has 0 saturated carbocycles. The van der Waals surface area contributed by atoms with Gasteiger partial charge < -0.3 is 0 Å². The molecule has 0 spiro atoms. The molecular weight excluding hydrogens is 83.0 g/mol. The van der Waals surface area contributed by atoms with Crippen molar-refractivity contribution >= 4 is 5.78 Å². The largest absolute Gasteiger partial charge is 0.296 e. The van der Waals surface area contributed by atoms with E-state index in [0.717, 1.165) is 0 Å². The molecule has 0 saturated heterocycles. The van der Waals surface area contributed by atoms with Gasteiger partial charge in [0.2, 0.25) is 0 Å². The summed E-state index contributed by atoms with van der Waals surface area (Å²) in [4.78, 5) is 9.75. The maximum Gasteiger partial charge on any atom is 0.167 e. The van der Waals surface area contributed by atoms with Crippen LogP contribution in [0.5, 0.6) is 0 Å². The fourth-order valence-corrected chi connectivity index (χ4v) is 0.0772. The number of rotatable bonds is 2. The Labute approximate surface area is 36.2 Å². The van der Waals surface area contributed by atoms with Crippen LogP contribution in [0.25, 0.3) is 0 Å². The topological polar surface area (TPSA) is 17.1 Å². The smallest absolute Gasteiger partial charge is 0.167 e. The highest BCUT2D eigenvalue weighted by Crippen LogP contribution is 1.76. The molecular formula is C4H6FO. The SMILES string of the molecule is C[CH]C(=O)CF. The van der Waals surface area contributed by atoms with E-state index in [1.165, 1.54) is 13.3 Å². The van der Waals surface area contributed by atoms with Crippen LogP contribution in [0.3, 0.4) is 0 Å². The Morgan fingerprint density at radius 2 is 2.50 bits per heavy atom. The van der Waals surface area contributed by atoms with Crippen molar-refractivity contribution in [3.05, 3.63) is 6.42 Å². The molecule has 0 fully saturated rings. The van der Waals surface area contributed by atoms with Crippen molar-refractivity contribution in [2.45, 2.75) is 6.92 Å². The Balaban J connectivity index is 2.99. The van der Waals surface area contributed by atoms with Gasteiger partial charge in [0.15, 0.2) is 5.78 Å². The number of halogens is 1. The number of alkyl halides is 1. The molecule has 0 aliphatic rings. The minimum Gasteiger partial charge on any atom is -0.296 e. The molecule has 0 rings (SSSR count). The summed E-state index contributed by atoms with van der Waals surface area (Å²) in [7, 11) is 0. The van der Waals surface area contributed by atoms with Gasteiger partial charge in [0.25, 0.3) is 0 Å². The first-order valence-corrected chi connectivity index (χ1v) is 1.69. The molecule has 6 heavy (non-hydrogen) atoms. The molecule has 0 aliphatic carbocycles. The molecule has 2 heteroatoms. The molecule has 1 radical (unpaired) electrons. The van der Waals surface area contributed by atoms with Gasteiger partial charge in [0.05, 0.1) is 0 Å². The quantitative estimate of drug-likeness (QED) is 0.488. The van der Waals surface area contributed by atoms with Crippen molar-refractivity contribution in [2.24, 2.45) is 0 Å². The summed E-state index contributed by atoms with van der Waals surface area (Å²) in [5.74, 6) is -0.449. The Kier molecular flexibility index (Phi) is 2.63. The van der Waals surface area contributed by atoms with Gasteiger partial charge in [-0.1, -0.05) is 6.92 Å². The van der Waals surface area contributed by atoms with Crippen LogP contribution in [-0.4, -0.2) is 12.5 Å². The molecule has 0 aliphatic heterocycles. The predicted molar refractivity (Wildman–Crippen MR) is 21.0 cm³/mol. The summed E-state index contributed by atoms with van der Waals surface area (Å²) >= 11 is 0. The van der Waals surface area contributed by atoms with Crippen LogP contribution >= 0.6 is 0 Å². The van der Waals surface area contributed by atoms with Gasteiger partial charge in [0, 0.05) is 6.42 Å². The lowest BCUT2D eigenvalue weighted by Gasteiger charge is -1.77. The zero-order valence-electron chi connectivity index (χ0n) is 3.57. The maximum absolute atomic E-state index is 11.0. The average Bonchev–Trinajstić information content (AvgIpc) is 1.65. The molecule has 0 bridgehead atoms. The number of carbonyl (C=O) groups excluding carboxylic acids is 1.